The summed E-state index contributed by atoms with van der Waals surface area (Å²) in [6.07, 6.45) is -0.469. The molecule has 2 aromatic carbocycles. The Morgan fingerprint density at radius 1 is 1.27 bits per heavy atom. The fraction of sp³-hybridized carbons (Fsp3) is 0.304. The number of nitro benzene ring substituents is 1. The van der Waals surface area contributed by atoms with Crippen LogP contribution in [0.5, 0.6) is 11.5 Å². The van der Waals surface area contributed by atoms with Crippen molar-refractivity contribution in [1.82, 2.24) is 0 Å². The largest absolute Gasteiger partial charge is 0.507 e. The van der Waals surface area contributed by atoms with Crippen LogP contribution < -0.4 is 10.2 Å². The highest BCUT2D eigenvalue weighted by Gasteiger charge is 2.37. The Hall–Kier alpha value is -3.92. The molecule has 1 atom stereocenters. The van der Waals surface area contributed by atoms with Crippen LogP contribution in [0, 0.1) is 10.1 Å². The Labute approximate surface area is 187 Å². The SMILES string of the molecule is CC(C)(O)C1Cc2c(cc3oc(COC(=O)Cc4ccc([N+](=O)[O-])cc4)cc(=O)c3c2O)O1. The highest BCUT2D eigenvalue weighted by Crippen LogP contribution is 2.42. The second kappa shape index (κ2) is 8.21. The standard InChI is InChI=1S/C23H21NO9/c1-23(2,28)19-9-15-17(33-19)10-18-21(22(15)27)16(25)8-14(32-18)11-31-20(26)7-12-3-5-13(6-4-12)24(29)30/h3-6,8,10,19,27-28H,7,9,11H2,1-2H3. The molecule has 1 aliphatic heterocycles. The fourth-order valence-corrected chi connectivity index (χ4v) is 3.62. The molecule has 0 saturated carbocycles. The van der Waals surface area contributed by atoms with Crippen molar-refractivity contribution in [2.45, 2.75) is 45.0 Å². The zero-order valence-corrected chi connectivity index (χ0v) is 17.9. The summed E-state index contributed by atoms with van der Waals surface area (Å²) in [5, 5.41) is 31.5. The molecule has 10 nitrogen and oxygen atoms in total. The maximum Gasteiger partial charge on any atom is 0.310 e. The van der Waals surface area contributed by atoms with E-state index in [4.69, 9.17) is 13.9 Å². The number of carbonyl (C=O) groups excluding carboxylic acids is 1. The molecule has 4 rings (SSSR count). The topological polar surface area (TPSA) is 149 Å². The number of aromatic hydroxyl groups is 1. The Morgan fingerprint density at radius 3 is 2.61 bits per heavy atom. The molecule has 2 N–H and O–H groups in total. The number of carbonyl (C=O) groups is 1. The van der Waals surface area contributed by atoms with Crippen molar-refractivity contribution in [2.75, 3.05) is 0 Å². The Morgan fingerprint density at radius 2 is 1.97 bits per heavy atom. The second-order valence-electron chi connectivity index (χ2n) is 8.38. The first-order chi connectivity index (χ1) is 15.5. The summed E-state index contributed by atoms with van der Waals surface area (Å²) < 4.78 is 16.6. The minimum Gasteiger partial charge on any atom is -0.507 e. The molecule has 3 aromatic rings. The van der Waals surface area contributed by atoms with Crippen LogP contribution in [-0.2, 0) is 29.0 Å². The number of phenols is 1. The minimum absolute atomic E-state index is 0.0188. The van der Waals surface area contributed by atoms with Crippen molar-refractivity contribution in [3.05, 3.63) is 73.6 Å². The van der Waals surface area contributed by atoms with Gasteiger partial charge in [-0.2, -0.15) is 0 Å². The first-order valence-electron chi connectivity index (χ1n) is 10.1. The van der Waals surface area contributed by atoms with Gasteiger partial charge in [-0.25, -0.2) is 0 Å². The van der Waals surface area contributed by atoms with E-state index in [9.17, 15) is 29.9 Å². The van der Waals surface area contributed by atoms with Crippen molar-refractivity contribution in [1.29, 1.82) is 0 Å². The van der Waals surface area contributed by atoms with E-state index in [1.807, 2.05) is 0 Å². The zero-order chi connectivity index (χ0) is 23.9. The number of benzene rings is 2. The molecule has 0 amide bonds. The number of hydrogen-bond donors (Lipinski definition) is 2. The molecule has 1 aliphatic rings. The molecular weight excluding hydrogens is 434 g/mol. The quantitative estimate of drug-likeness (QED) is 0.325. The number of nitrogens with zero attached hydrogens (tertiary/aromatic N) is 1. The molecule has 172 valence electrons. The van der Waals surface area contributed by atoms with Gasteiger partial charge in [-0.3, -0.25) is 19.7 Å². The van der Waals surface area contributed by atoms with E-state index >= 15 is 0 Å². The van der Waals surface area contributed by atoms with Crippen molar-refractivity contribution < 1.29 is 33.8 Å². The molecule has 0 bridgehead atoms. The van der Waals surface area contributed by atoms with Gasteiger partial charge in [0.25, 0.3) is 5.69 Å². The Kier molecular flexibility index (Phi) is 5.54. The highest BCUT2D eigenvalue weighted by atomic mass is 16.6. The number of non-ortho nitro benzene ring substituents is 1. The van der Waals surface area contributed by atoms with E-state index in [-0.39, 0.29) is 47.6 Å². The molecule has 0 fully saturated rings. The first kappa shape index (κ1) is 22.3. The molecule has 0 aliphatic carbocycles. The maximum atomic E-state index is 12.6. The van der Waals surface area contributed by atoms with Crippen LogP contribution in [0.1, 0.15) is 30.7 Å². The normalized spacial score (nSPS) is 15.2. The van der Waals surface area contributed by atoms with E-state index < -0.39 is 28.0 Å². The van der Waals surface area contributed by atoms with Gasteiger partial charge in [0.15, 0.2) is 5.43 Å². The van der Waals surface area contributed by atoms with Crippen molar-refractivity contribution in [3.8, 4) is 11.5 Å². The summed E-state index contributed by atoms with van der Waals surface area (Å²) in [7, 11) is 0. The number of rotatable bonds is 6. The number of phenolic OH excluding ortho intramolecular Hbond substituents is 1. The summed E-state index contributed by atoms with van der Waals surface area (Å²) in [6.45, 7) is 2.86. The molecule has 10 heteroatoms. The minimum atomic E-state index is -1.15. The van der Waals surface area contributed by atoms with Gasteiger partial charge in [-0.15, -0.1) is 0 Å². The molecule has 33 heavy (non-hydrogen) atoms. The zero-order valence-electron chi connectivity index (χ0n) is 17.9. The van der Waals surface area contributed by atoms with Gasteiger partial charge in [0.2, 0.25) is 0 Å². The lowest BCUT2D eigenvalue weighted by Gasteiger charge is -2.24. The average Bonchev–Trinajstić information content (AvgIpc) is 3.17. The van der Waals surface area contributed by atoms with Crippen molar-refractivity contribution in [2.24, 2.45) is 0 Å². The number of ether oxygens (including phenoxy) is 2. The molecular formula is C23H21NO9. The first-order valence-corrected chi connectivity index (χ1v) is 10.1. The second-order valence-corrected chi connectivity index (χ2v) is 8.38. The van der Waals surface area contributed by atoms with Gasteiger partial charge >= 0.3 is 5.97 Å². The van der Waals surface area contributed by atoms with E-state index in [1.54, 1.807) is 13.8 Å². The van der Waals surface area contributed by atoms with E-state index in [0.717, 1.165) is 6.07 Å². The predicted molar refractivity (Wildman–Crippen MR) is 115 cm³/mol. The summed E-state index contributed by atoms with van der Waals surface area (Å²) in [4.78, 5) is 34.9. The summed E-state index contributed by atoms with van der Waals surface area (Å²) in [5.41, 5.74) is -0.731. The van der Waals surface area contributed by atoms with Crippen molar-refractivity contribution >= 4 is 22.6 Å². The number of esters is 1. The van der Waals surface area contributed by atoms with Gasteiger partial charge in [-0.1, -0.05) is 12.1 Å². The molecule has 0 saturated heterocycles. The Balaban J connectivity index is 1.50. The third-order valence-electron chi connectivity index (χ3n) is 5.43. The molecule has 2 heterocycles. The number of aliphatic hydroxyl groups is 1. The van der Waals surface area contributed by atoms with E-state index in [0.29, 0.717) is 16.9 Å². The van der Waals surface area contributed by atoms with Gasteiger partial charge in [0, 0.05) is 36.2 Å². The molecule has 0 spiro atoms. The lowest BCUT2D eigenvalue weighted by Crippen LogP contribution is -2.39. The smallest absolute Gasteiger partial charge is 0.310 e. The van der Waals surface area contributed by atoms with Gasteiger partial charge in [-0.05, 0) is 19.4 Å². The average molecular weight is 455 g/mol. The number of hydrogen-bond acceptors (Lipinski definition) is 9. The summed E-state index contributed by atoms with van der Waals surface area (Å²) >= 11 is 0. The van der Waals surface area contributed by atoms with Crippen LogP contribution >= 0.6 is 0 Å². The van der Waals surface area contributed by atoms with Crippen LogP contribution in [0.15, 0.2) is 45.6 Å². The van der Waals surface area contributed by atoms with E-state index in [2.05, 4.69) is 0 Å². The molecule has 1 aromatic heterocycles. The Bertz CT molecular complexity index is 1300. The van der Waals surface area contributed by atoms with Crippen LogP contribution in [-0.4, -0.2) is 32.8 Å². The van der Waals surface area contributed by atoms with Gasteiger partial charge < -0.3 is 24.1 Å². The number of nitro groups is 1. The van der Waals surface area contributed by atoms with Crippen molar-refractivity contribution in [3.63, 3.8) is 0 Å². The van der Waals surface area contributed by atoms with Gasteiger partial charge in [0.05, 0.1) is 16.9 Å². The van der Waals surface area contributed by atoms with Crippen LogP contribution in [0.2, 0.25) is 0 Å². The van der Waals surface area contributed by atoms with E-state index in [1.165, 1.54) is 30.3 Å². The van der Waals surface area contributed by atoms with Crippen LogP contribution in [0.3, 0.4) is 0 Å². The third kappa shape index (κ3) is 4.51. The lowest BCUT2D eigenvalue weighted by atomic mass is 9.96. The lowest BCUT2D eigenvalue weighted by molar-refractivity contribution is -0.384. The van der Waals surface area contributed by atoms with Crippen LogP contribution in [0.25, 0.3) is 11.0 Å². The maximum absolute atomic E-state index is 12.6. The third-order valence-corrected chi connectivity index (χ3v) is 5.43. The number of fused-ring (bicyclic) bond motifs is 2. The van der Waals surface area contributed by atoms with Gasteiger partial charge in [0.1, 0.15) is 40.9 Å². The summed E-state index contributed by atoms with van der Waals surface area (Å²) in [5.74, 6) is -0.493. The monoisotopic (exact) mass is 455 g/mol. The van der Waals surface area contributed by atoms with Crippen LogP contribution in [0.4, 0.5) is 5.69 Å². The molecule has 1 unspecified atom stereocenters. The summed E-state index contributed by atoms with van der Waals surface area (Å²) in [6, 6.07) is 8.11. The predicted octanol–water partition coefficient (Wildman–Crippen LogP) is 2.77. The fourth-order valence-electron chi connectivity index (χ4n) is 3.62. The molecule has 0 radical (unpaired) electrons. The highest BCUT2D eigenvalue weighted by molar-refractivity contribution is 5.87.